The Kier molecular flexibility index (Phi) is 3.62. The number of aromatic nitrogens is 2. The first-order chi connectivity index (χ1) is 9.22. The minimum absolute atomic E-state index is 0.0213. The van der Waals surface area contributed by atoms with Crippen molar-refractivity contribution in [1.29, 1.82) is 0 Å². The highest BCUT2D eigenvalue weighted by Crippen LogP contribution is 2.31. The van der Waals surface area contributed by atoms with E-state index in [2.05, 4.69) is 11.9 Å². The predicted molar refractivity (Wildman–Crippen MR) is 78.2 cm³/mol. The lowest BCUT2D eigenvalue weighted by molar-refractivity contribution is 0.501. The van der Waals surface area contributed by atoms with Gasteiger partial charge in [-0.1, -0.05) is 6.92 Å². The third-order valence-electron chi connectivity index (χ3n) is 3.76. The van der Waals surface area contributed by atoms with E-state index in [1.165, 1.54) is 28.4 Å². The van der Waals surface area contributed by atoms with Crippen LogP contribution in [0.2, 0.25) is 0 Å². The molecule has 2 aromatic rings. The quantitative estimate of drug-likeness (QED) is 0.935. The number of nitrogens with zero attached hydrogens (tertiary/aromatic N) is 2. The van der Waals surface area contributed by atoms with Crippen molar-refractivity contribution in [3.63, 3.8) is 0 Å². The fraction of sp³-hybridized carbons (Fsp3) is 0.467. The third-order valence-corrected chi connectivity index (χ3v) is 4.90. The number of thiazole rings is 1. The molecule has 2 N–H and O–H groups in total. The molecule has 0 saturated carbocycles. The highest BCUT2D eigenvalue weighted by molar-refractivity contribution is 7.11. The molecule has 4 heteroatoms. The summed E-state index contributed by atoms with van der Waals surface area (Å²) in [7, 11) is 0. The summed E-state index contributed by atoms with van der Waals surface area (Å²) < 4.78 is 0. The molecular formula is C15H19N3S. The van der Waals surface area contributed by atoms with Crippen molar-refractivity contribution >= 4 is 11.3 Å². The van der Waals surface area contributed by atoms with Crippen LogP contribution in [0.25, 0.3) is 0 Å². The van der Waals surface area contributed by atoms with Gasteiger partial charge in [0.15, 0.2) is 0 Å². The summed E-state index contributed by atoms with van der Waals surface area (Å²) in [4.78, 5) is 10.3. The third kappa shape index (κ3) is 2.85. The summed E-state index contributed by atoms with van der Waals surface area (Å²) in [5.41, 5.74) is 8.71. The standard InChI is InChI=1S/C15H19N3S/c1-10-2-3-13-14(8-10)19-15(18-13)9-12(16)11-4-6-17-7-5-11/h4-7,10,12H,2-3,8-9,16H2,1H3. The van der Waals surface area contributed by atoms with Gasteiger partial charge in [-0.15, -0.1) is 11.3 Å². The van der Waals surface area contributed by atoms with Gasteiger partial charge in [0.25, 0.3) is 0 Å². The molecule has 2 aromatic heterocycles. The molecule has 1 aliphatic rings. The zero-order chi connectivity index (χ0) is 13.2. The molecule has 19 heavy (non-hydrogen) atoms. The summed E-state index contributed by atoms with van der Waals surface area (Å²) >= 11 is 1.86. The Morgan fingerprint density at radius 1 is 1.42 bits per heavy atom. The molecule has 0 aliphatic heterocycles. The van der Waals surface area contributed by atoms with Gasteiger partial charge in [0.05, 0.1) is 10.7 Å². The van der Waals surface area contributed by atoms with E-state index in [0.29, 0.717) is 0 Å². The van der Waals surface area contributed by atoms with Crippen LogP contribution >= 0.6 is 11.3 Å². The van der Waals surface area contributed by atoms with Crippen LogP contribution in [-0.2, 0) is 19.3 Å². The summed E-state index contributed by atoms with van der Waals surface area (Å²) in [6.07, 6.45) is 8.02. The van der Waals surface area contributed by atoms with Crippen molar-refractivity contribution in [3.8, 4) is 0 Å². The average Bonchev–Trinajstić information content (AvgIpc) is 2.81. The van der Waals surface area contributed by atoms with E-state index >= 15 is 0 Å². The average molecular weight is 273 g/mol. The van der Waals surface area contributed by atoms with Gasteiger partial charge in [0, 0.05) is 29.7 Å². The Balaban J connectivity index is 1.74. The number of pyridine rings is 1. The van der Waals surface area contributed by atoms with Crippen LogP contribution in [0.4, 0.5) is 0 Å². The van der Waals surface area contributed by atoms with Crippen LogP contribution in [0.3, 0.4) is 0 Å². The van der Waals surface area contributed by atoms with Gasteiger partial charge in [-0.05, 0) is 42.9 Å². The molecule has 100 valence electrons. The summed E-state index contributed by atoms with van der Waals surface area (Å²) in [6, 6.07) is 3.99. The molecule has 2 heterocycles. The summed E-state index contributed by atoms with van der Waals surface area (Å²) in [5.74, 6) is 0.801. The van der Waals surface area contributed by atoms with E-state index in [1.807, 2.05) is 23.5 Å². The topological polar surface area (TPSA) is 51.8 Å². The van der Waals surface area contributed by atoms with Crippen molar-refractivity contribution in [3.05, 3.63) is 45.7 Å². The summed E-state index contributed by atoms with van der Waals surface area (Å²) in [5, 5.41) is 1.18. The molecule has 1 aliphatic carbocycles. The van der Waals surface area contributed by atoms with Crippen LogP contribution in [0.1, 0.15) is 40.5 Å². The lowest BCUT2D eigenvalue weighted by Crippen LogP contribution is -2.13. The maximum atomic E-state index is 6.25. The minimum Gasteiger partial charge on any atom is -0.324 e. The molecule has 0 aromatic carbocycles. The predicted octanol–water partition coefficient (Wildman–Crippen LogP) is 2.91. The van der Waals surface area contributed by atoms with Crippen LogP contribution in [-0.4, -0.2) is 9.97 Å². The van der Waals surface area contributed by atoms with Crippen LogP contribution in [0.15, 0.2) is 24.5 Å². The smallest absolute Gasteiger partial charge is 0.0950 e. The monoisotopic (exact) mass is 273 g/mol. The lowest BCUT2D eigenvalue weighted by atomic mass is 9.93. The minimum atomic E-state index is 0.0213. The lowest BCUT2D eigenvalue weighted by Gasteiger charge is -2.15. The molecular weight excluding hydrogens is 254 g/mol. The second-order valence-electron chi connectivity index (χ2n) is 5.42. The molecule has 0 spiro atoms. The Morgan fingerprint density at radius 3 is 3.00 bits per heavy atom. The zero-order valence-electron chi connectivity index (χ0n) is 11.2. The first-order valence-corrected chi connectivity index (χ1v) is 7.67. The molecule has 2 unspecified atom stereocenters. The van der Waals surface area contributed by atoms with E-state index in [-0.39, 0.29) is 6.04 Å². The molecule has 2 atom stereocenters. The highest BCUT2D eigenvalue weighted by atomic mass is 32.1. The Hall–Kier alpha value is -1.26. The van der Waals surface area contributed by atoms with E-state index in [1.54, 1.807) is 12.4 Å². The fourth-order valence-electron chi connectivity index (χ4n) is 2.60. The first-order valence-electron chi connectivity index (χ1n) is 6.85. The van der Waals surface area contributed by atoms with Gasteiger partial charge in [-0.3, -0.25) is 4.98 Å². The van der Waals surface area contributed by atoms with E-state index in [4.69, 9.17) is 10.7 Å². The van der Waals surface area contributed by atoms with Gasteiger partial charge in [-0.2, -0.15) is 0 Å². The van der Waals surface area contributed by atoms with Crippen molar-refractivity contribution in [2.75, 3.05) is 0 Å². The number of aryl methyl sites for hydroxylation is 1. The Morgan fingerprint density at radius 2 is 2.21 bits per heavy atom. The maximum Gasteiger partial charge on any atom is 0.0950 e. The van der Waals surface area contributed by atoms with Crippen LogP contribution in [0.5, 0.6) is 0 Å². The molecule has 0 radical (unpaired) electrons. The van der Waals surface area contributed by atoms with E-state index in [9.17, 15) is 0 Å². The number of fused-ring (bicyclic) bond motifs is 1. The largest absolute Gasteiger partial charge is 0.324 e. The van der Waals surface area contributed by atoms with Gasteiger partial charge < -0.3 is 5.73 Å². The number of rotatable bonds is 3. The second kappa shape index (κ2) is 5.39. The maximum absolute atomic E-state index is 6.25. The normalized spacial score (nSPS) is 20.0. The molecule has 3 nitrogen and oxygen atoms in total. The van der Waals surface area contributed by atoms with Crippen LogP contribution < -0.4 is 5.73 Å². The van der Waals surface area contributed by atoms with E-state index < -0.39 is 0 Å². The Bertz CT molecular complexity index is 550. The molecule has 3 rings (SSSR count). The number of hydrogen-bond donors (Lipinski definition) is 1. The van der Waals surface area contributed by atoms with Crippen molar-refractivity contribution in [2.45, 2.75) is 38.6 Å². The molecule has 0 fully saturated rings. The highest BCUT2D eigenvalue weighted by Gasteiger charge is 2.20. The van der Waals surface area contributed by atoms with Crippen molar-refractivity contribution in [1.82, 2.24) is 9.97 Å². The molecule has 0 bridgehead atoms. The number of hydrogen-bond acceptors (Lipinski definition) is 4. The van der Waals surface area contributed by atoms with Gasteiger partial charge >= 0.3 is 0 Å². The molecule has 0 amide bonds. The first kappa shape index (κ1) is 12.8. The van der Waals surface area contributed by atoms with Gasteiger partial charge in [0.1, 0.15) is 0 Å². The second-order valence-corrected chi connectivity index (χ2v) is 6.58. The van der Waals surface area contributed by atoms with E-state index in [0.717, 1.165) is 24.3 Å². The van der Waals surface area contributed by atoms with Gasteiger partial charge in [-0.25, -0.2) is 4.98 Å². The molecule has 0 saturated heterocycles. The van der Waals surface area contributed by atoms with Crippen LogP contribution in [0, 0.1) is 5.92 Å². The zero-order valence-corrected chi connectivity index (χ0v) is 12.0. The Labute approximate surface area is 117 Å². The van der Waals surface area contributed by atoms with Crippen molar-refractivity contribution < 1.29 is 0 Å². The SMILES string of the molecule is CC1CCc2nc(CC(N)c3ccncc3)sc2C1. The van der Waals surface area contributed by atoms with Gasteiger partial charge in [0.2, 0.25) is 0 Å². The fourth-order valence-corrected chi connectivity index (χ4v) is 3.93. The summed E-state index contributed by atoms with van der Waals surface area (Å²) in [6.45, 7) is 2.32. The van der Waals surface area contributed by atoms with Crippen molar-refractivity contribution in [2.24, 2.45) is 11.7 Å². The number of nitrogens with two attached hydrogens (primary N) is 1.